The molecule has 0 fully saturated rings. The first-order valence-electron chi connectivity index (χ1n) is 16.9. The van der Waals surface area contributed by atoms with E-state index in [2.05, 4.69) is 13.8 Å². The Labute approximate surface area is 332 Å². The molecule has 51 heavy (non-hydrogen) atoms. The Hall–Kier alpha value is -2.84. The first-order valence-corrected chi connectivity index (χ1v) is 19.8. The van der Waals surface area contributed by atoms with E-state index >= 15 is 0 Å². The van der Waals surface area contributed by atoms with Crippen LogP contribution in [0.3, 0.4) is 0 Å². The average Bonchev–Trinajstić information content (AvgIpc) is 3.05. The van der Waals surface area contributed by atoms with Crippen LogP contribution in [0.5, 0.6) is 34.5 Å². The fourth-order valence-corrected chi connectivity index (χ4v) is 6.31. The second-order valence-electron chi connectivity index (χ2n) is 12.0. The zero-order valence-corrected chi connectivity index (χ0v) is 33.1. The van der Waals surface area contributed by atoms with Crippen molar-refractivity contribution in [1.82, 2.24) is 0 Å². The van der Waals surface area contributed by atoms with Gasteiger partial charge in [0.15, 0.2) is 5.75 Å². The minimum Gasteiger partial charge on any atom is -0.872 e. The summed E-state index contributed by atoms with van der Waals surface area (Å²) in [5, 5.41) is 21.0. The smallest absolute Gasteiger partial charge is 0.872 e. The van der Waals surface area contributed by atoms with E-state index in [1.807, 2.05) is 24.3 Å². The standard InChI is InChI=1S/2C19H24O5S.Ca/c2*1-2-3-4-5-6-7-15-8-11-17(12-9-15)24-18-14-16(20)10-13-19(18)25(21,22)23;/h2*8-14,20H,2-7H2,1H3,(H,21,22,23);/q;;+2/p-2. The van der Waals surface area contributed by atoms with Crippen LogP contribution in [0, 0.1) is 0 Å². The summed E-state index contributed by atoms with van der Waals surface area (Å²) in [6, 6.07) is 21.0. The number of hydrogen-bond donors (Lipinski definition) is 2. The molecule has 0 saturated heterocycles. The zero-order chi connectivity index (χ0) is 36.6. The number of phenols is 1. The Bertz CT molecular complexity index is 1710. The number of hydrogen-bond acceptors (Lipinski definition) is 9. The molecule has 0 saturated carbocycles. The molecule has 0 heterocycles. The van der Waals surface area contributed by atoms with E-state index in [1.54, 1.807) is 24.3 Å². The predicted octanol–water partition coefficient (Wildman–Crippen LogP) is 8.53. The minimum atomic E-state index is -4.71. The summed E-state index contributed by atoms with van der Waals surface area (Å²) in [4.78, 5) is -0.919. The first kappa shape index (κ1) is 44.3. The monoisotopic (exact) mass is 766 g/mol. The number of ether oxygens (including phenoxy) is 2. The summed E-state index contributed by atoms with van der Waals surface area (Å²) in [6.45, 7) is 4.38. The van der Waals surface area contributed by atoms with Crippen LogP contribution in [0.1, 0.15) is 89.2 Å². The number of phenolic OH excluding ortho intramolecular Hbond substituents is 1. The molecule has 0 atom stereocenters. The Morgan fingerprint density at radius 2 is 1.02 bits per heavy atom. The van der Waals surface area contributed by atoms with Gasteiger partial charge in [-0.1, -0.05) is 95.5 Å². The van der Waals surface area contributed by atoms with E-state index in [-0.39, 0.29) is 59.9 Å². The third-order valence-corrected chi connectivity index (χ3v) is 9.60. The van der Waals surface area contributed by atoms with Crippen molar-refractivity contribution in [2.24, 2.45) is 0 Å². The van der Waals surface area contributed by atoms with Gasteiger partial charge < -0.3 is 24.2 Å². The summed E-state index contributed by atoms with van der Waals surface area (Å²) < 4.78 is 76.8. The van der Waals surface area contributed by atoms with Crippen molar-refractivity contribution >= 4 is 58.0 Å². The molecule has 0 aliphatic rings. The average molecular weight is 767 g/mol. The van der Waals surface area contributed by atoms with Crippen LogP contribution < -0.4 is 14.6 Å². The molecule has 272 valence electrons. The van der Waals surface area contributed by atoms with E-state index in [0.29, 0.717) is 11.5 Å². The molecule has 0 spiro atoms. The second-order valence-corrected chi connectivity index (χ2v) is 14.7. The van der Waals surface area contributed by atoms with Crippen molar-refractivity contribution in [2.75, 3.05) is 0 Å². The minimum absolute atomic E-state index is 0. The van der Waals surface area contributed by atoms with Gasteiger partial charge in [-0.05, 0) is 85.3 Å². The Kier molecular flexibility index (Phi) is 19.4. The predicted molar refractivity (Wildman–Crippen MR) is 195 cm³/mol. The van der Waals surface area contributed by atoms with Gasteiger partial charge in [-0.15, -0.1) is 5.75 Å². The summed E-state index contributed by atoms with van der Waals surface area (Å²) in [7, 11) is -9.15. The number of benzene rings is 4. The molecule has 4 aromatic carbocycles. The molecule has 13 heteroatoms. The largest absolute Gasteiger partial charge is 2.00 e. The summed E-state index contributed by atoms with van der Waals surface area (Å²) in [5.41, 5.74) is 2.35. The van der Waals surface area contributed by atoms with E-state index < -0.39 is 30.9 Å². The van der Waals surface area contributed by atoms with Crippen molar-refractivity contribution < 1.29 is 45.6 Å². The van der Waals surface area contributed by atoms with Crippen LogP contribution in [-0.2, 0) is 33.1 Å². The van der Waals surface area contributed by atoms with E-state index in [1.165, 1.54) is 63.0 Å². The van der Waals surface area contributed by atoms with Crippen LogP contribution >= 0.6 is 0 Å². The number of aromatic hydroxyl groups is 1. The molecule has 0 bridgehead atoms. The normalized spacial score (nSPS) is 11.2. The maximum atomic E-state index is 11.4. The topological polar surface area (TPSA) is 173 Å². The van der Waals surface area contributed by atoms with Gasteiger partial charge in [0.05, 0.1) is 4.90 Å². The molecule has 2 N–H and O–H groups in total. The first-order chi connectivity index (χ1) is 23.8. The van der Waals surface area contributed by atoms with E-state index in [9.17, 15) is 36.2 Å². The van der Waals surface area contributed by atoms with Crippen LogP contribution in [0.4, 0.5) is 0 Å². The van der Waals surface area contributed by atoms with Crippen LogP contribution in [0.25, 0.3) is 0 Å². The van der Waals surface area contributed by atoms with Gasteiger partial charge in [-0.2, -0.15) is 8.42 Å². The maximum absolute atomic E-state index is 11.4. The van der Waals surface area contributed by atoms with E-state index in [4.69, 9.17) is 9.47 Å². The molecule has 10 nitrogen and oxygen atoms in total. The second kappa shape index (κ2) is 22.3. The molecule has 0 unspecified atom stereocenters. The van der Waals surface area contributed by atoms with Crippen molar-refractivity contribution in [3.63, 3.8) is 0 Å². The molecular weight excluding hydrogens is 721 g/mol. The van der Waals surface area contributed by atoms with Gasteiger partial charge in [0.2, 0.25) is 0 Å². The zero-order valence-electron chi connectivity index (χ0n) is 29.3. The number of aryl methyl sites for hydroxylation is 2. The number of rotatable bonds is 18. The van der Waals surface area contributed by atoms with Crippen molar-refractivity contribution in [3.8, 4) is 34.5 Å². The van der Waals surface area contributed by atoms with Crippen LogP contribution in [0.15, 0.2) is 94.7 Å². The van der Waals surface area contributed by atoms with Gasteiger partial charge in [0.25, 0.3) is 10.1 Å². The fraction of sp³-hybridized carbons (Fsp3) is 0.368. The maximum Gasteiger partial charge on any atom is 2.00 e. The molecule has 0 amide bonds. The Morgan fingerprint density at radius 3 is 1.45 bits per heavy atom. The van der Waals surface area contributed by atoms with Gasteiger partial charge in [0, 0.05) is 6.07 Å². The summed E-state index contributed by atoms with van der Waals surface area (Å²) in [6.07, 6.45) is 14.1. The quantitative estimate of drug-likeness (QED) is 0.0568. The third-order valence-electron chi connectivity index (χ3n) is 7.83. The van der Waals surface area contributed by atoms with Gasteiger partial charge in [-0.3, -0.25) is 4.55 Å². The SMILES string of the molecule is CCCCCCCc1ccc(Oc2cc(O)ccc2S(=O)(=O)O)cc1.CCCCCCCc1ccc(Oc2cc([O-])ccc2S(=O)(=O)[O-])cc1.[Ca+2]. The van der Waals surface area contributed by atoms with Crippen LogP contribution in [-0.4, -0.2) is 68.8 Å². The Morgan fingerprint density at radius 1 is 0.588 bits per heavy atom. The molecule has 4 aromatic rings. The van der Waals surface area contributed by atoms with Crippen molar-refractivity contribution in [2.45, 2.75) is 101 Å². The van der Waals surface area contributed by atoms with Gasteiger partial charge in [-0.25, -0.2) is 8.42 Å². The molecule has 0 aliphatic carbocycles. The molecule has 0 aliphatic heterocycles. The Balaban J connectivity index is 0.000000347. The number of unbranched alkanes of at least 4 members (excludes halogenated alkanes) is 8. The van der Waals surface area contributed by atoms with Crippen molar-refractivity contribution in [1.29, 1.82) is 0 Å². The summed E-state index contributed by atoms with van der Waals surface area (Å²) in [5.74, 6) is -0.114. The molecule has 0 radical (unpaired) electrons. The van der Waals surface area contributed by atoms with Crippen LogP contribution in [0.2, 0.25) is 0 Å². The van der Waals surface area contributed by atoms with Gasteiger partial charge in [0.1, 0.15) is 38.0 Å². The third kappa shape index (κ3) is 16.2. The summed E-state index contributed by atoms with van der Waals surface area (Å²) >= 11 is 0. The fourth-order valence-electron chi connectivity index (χ4n) is 5.13. The molecular formula is C38H46CaO10S2. The van der Waals surface area contributed by atoms with Gasteiger partial charge >= 0.3 is 37.7 Å². The molecule has 0 aromatic heterocycles. The van der Waals surface area contributed by atoms with E-state index in [0.717, 1.165) is 61.6 Å². The van der Waals surface area contributed by atoms with Crippen molar-refractivity contribution in [3.05, 3.63) is 96.1 Å². The molecule has 4 rings (SSSR count).